The van der Waals surface area contributed by atoms with Crippen LogP contribution in [0.5, 0.6) is 0 Å². The van der Waals surface area contributed by atoms with E-state index < -0.39 is 18.1 Å². The standard InChI is InChI=1S/C16H22N4O4S/c1-25-7-6-13(22)16(24)18-9-10(21)8-17-14-11-4-2-3-5-12(11)15(23)20-19-14/h2-5,10,13,21-22H,6-9H2,1H3,(H,17,19)(H,18,24)(H,20,23). The van der Waals surface area contributed by atoms with Gasteiger partial charge in [-0.3, -0.25) is 9.59 Å². The molecule has 0 saturated heterocycles. The number of amides is 1. The third-order valence-corrected chi connectivity index (χ3v) is 4.26. The summed E-state index contributed by atoms with van der Waals surface area (Å²) < 4.78 is 0. The number of aromatic nitrogens is 2. The highest BCUT2D eigenvalue weighted by Crippen LogP contribution is 2.16. The molecule has 0 fully saturated rings. The number of aliphatic hydroxyl groups excluding tert-OH is 2. The third-order valence-electron chi connectivity index (χ3n) is 3.61. The quantitative estimate of drug-likeness (QED) is 0.420. The molecule has 0 bridgehead atoms. The molecule has 1 aromatic carbocycles. The van der Waals surface area contributed by atoms with Crippen molar-refractivity contribution in [2.75, 3.05) is 30.4 Å². The number of carbonyl (C=O) groups excluding carboxylic acids is 1. The number of nitrogens with one attached hydrogen (secondary N) is 3. The topological polar surface area (TPSA) is 127 Å². The minimum Gasteiger partial charge on any atom is -0.389 e. The molecule has 9 heteroatoms. The van der Waals surface area contributed by atoms with Crippen LogP contribution in [0.15, 0.2) is 29.1 Å². The summed E-state index contributed by atoms with van der Waals surface area (Å²) in [7, 11) is 0. The van der Waals surface area contributed by atoms with Crippen LogP contribution in [-0.2, 0) is 4.79 Å². The van der Waals surface area contributed by atoms with Crippen molar-refractivity contribution >= 4 is 34.3 Å². The van der Waals surface area contributed by atoms with Gasteiger partial charge in [0.1, 0.15) is 6.10 Å². The average molecular weight is 366 g/mol. The molecule has 2 unspecified atom stereocenters. The van der Waals surface area contributed by atoms with Gasteiger partial charge in [0.2, 0.25) is 5.91 Å². The number of rotatable bonds is 9. The number of aromatic amines is 1. The molecule has 1 aromatic heterocycles. The lowest BCUT2D eigenvalue weighted by atomic mass is 10.2. The van der Waals surface area contributed by atoms with Gasteiger partial charge in [-0.15, -0.1) is 0 Å². The van der Waals surface area contributed by atoms with Gasteiger partial charge in [-0.25, -0.2) is 5.10 Å². The Morgan fingerprint density at radius 1 is 1.28 bits per heavy atom. The Hall–Kier alpha value is -2.10. The number of fused-ring (bicyclic) bond motifs is 1. The third kappa shape index (κ3) is 5.45. The highest BCUT2D eigenvalue weighted by molar-refractivity contribution is 7.98. The van der Waals surface area contributed by atoms with E-state index in [0.29, 0.717) is 28.8 Å². The second-order valence-corrected chi connectivity index (χ2v) is 6.51. The second kappa shape index (κ2) is 9.40. The number of anilines is 1. The van der Waals surface area contributed by atoms with Crippen molar-refractivity contribution in [3.05, 3.63) is 34.6 Å². The molecule has 0 spiro atoms. The molecule has 1 amide bonds. The highest BCUT2D eigenvalue weighted by Gasteiger charge is 2.15. The minimum atomic E-state index is -1.07. The Morgan fingerprint density at radius 2 is 2.00 bits per heavy atom. The summed E-state index contributed by atoms with van der Waals surface area (Å²) in [5.41, 5.74) is -0.284. The van der Waals surface area contributed by atoms with E-state index in [4.69, 9.17) is 0 Å². The van der Waals surface area contributed by atoms with Crippen LogP contribution in [0.25, 0.3) is 10.8 Å². The summed E-state index contributed by atoms with van der Waals surface area (Å²) in [4.78, 5) is 23.4. The van der Waals surface area contributed by atoms with Gasteiger partial charge in [-0.2, -0.15) is 16.9 Å². The molecular weight excluding hydrogens is 344 g/mol. The van der Waals surface area contributed by atoms with Crippen LogP contribution < -0.4 is 16.2 Å². The fourth-order valence-electron chi connectivity index (χ4n) is 2.23. The van der Waals surface area contributed by atoms with E-state index >= 15 is 0 Å². The van der Waals surface area contributed by atoms with Crippen molar-refractivity contribution in [1.82, 2.24) is 15.5 Å². The maximum atomic E-state index is 11.7. The van der Waals surface area contributed by atoms with E-state index in [-0.39, 0.29) is 18.6 Å². The maximum Gasteiger partial charge on any atom is 0.272 e. The largest absolute Gasteiger partial charge is 0.389 e. The zero-order valence-corrected chi connectivity index (χ0v) is 14.7. The van der Waals surface area contributed by atoms with Crippen LogP contribution in [0, 0.1) is 0 Å². The predicted molar refractivity (Wildman–Crippen MR) is 98.9 cm³/mol. The number of nitrogens with zero attached hydrogens (tertiary/aromatic N) is 1. The van der Waals surface area contributed by atoms with Crippen LogP contribution in [0.3, 0.4) is 0 Å². The van der Waals surface area contributed by atoms with Crippen molar-refractivity contribution in [1.29, 1.82) is 0 Å². The van der Waals surface area contributed by atoms with Crippen molar-refractivity contribution in [3.63, 3.8) is 0 Å². The summed E-state index contributed by atoms with van der Waals surface area (Å²) in [5, 5.41) is 32.6. The van der Waals surface area contributed by atoms with Gasteiger partial charge in [0, 0.05) is 18.5 Å². The molecule has 2 aromatic rings. The second-order valence-electron chi connectivity index (χ2n) is 5.52. The minimum absolute atomic E-state index is 0.00342. The molecule has 25 heavy (non-hydrogen) atoms. The van der Waals surface area contributed by atoms with Crippen molar-refractivity contribution in [3.8, 4) is 0 Å². The molecule has 0 saturated carbocycles. The fourth-order valence-corrected chi connectivity index (χ4v) is 2.69. The number of benzene rings is 1. The molecule has 5 N–H and O–H groups in total. The molecule has 136 valence electrons. The van der Waals surface area contributed by atoms with E-state index in [2.05, 4.69) is 20.8 Å². The number of aliphatic hydroxyl groups is 2. The first-order valence-corrected chi connectivity index (χ1v) is 9.26. The molecule has 2 rings (SSSR count). The first kappa shape index (κ1) is 19.2. The lowest BCUT2D eigenvalue weighted by molar-refractivity contribution is -0.129. The van der Waals surface area contributed by atoms with Gasteiger partial charge in [0.05, 0.1) is 11.5 Å². The first-order valence-electron chi connectivity index (χ1n) is 7.87. The van der Waals surface area contributed by atoms with E-state index in [1.807, 2.05) is 6.26 Å². The van der Waals surface area contributed by atoms with Crippen LogP contribution in [0.2, 0.25) is 0 Å². The fraction of sp³-hybridized carbons (Fsp3) is 0.438. The normalized spacial score (nSPS) is 13.4. The van der Waals surface area contributed by atoms with Gasteiger partial charge < -0.3 is 20.8 Å². The van der Waals surface area contributed by atoms with Crippen LogP contribution in [0.4, 0.5) is 5.82 Å². The summed E-state index contributed by atoms with van der Waals surface area (Å²) in [6, 6.07) is 7.00. The average Bonchev–Trinajstić information content (AvgIpc) is 2.63. The monoisotopic (exact) mass is 366 g/mol. The number of hydrogen-bond acceptors (Lipinski definition) is 7. The zero-order valence-electron chi connectivity index (χ0n) is 13.9. The number of carbonyl (C=O) groups is 1. The van der Waals surface area contributed by atoms with Gasteiger partial charge in [0.15, 0.2) is 5.82 Å². The molecule has 0 aliphatic heterocycles. The van der Waals surface area contributed by atoms with E-state index in [1.165, 1.54) is 0 Å². The zero-order chi connectivity index (χ0) is 18.2. The van der Waals surface area contributed by atoms with Gasteiger partial charge >= 0.3 is 0 Å². The van der Waals surface area contributed by atoms with Crippen molar-refractivity contribution in [2.45, 2.75) is 18.6 Å². The van der Waals surface area contributed by atoms with E-state index in [1.54, 1.807) is 36.0 Å². The molecule has 0 aliphatic rings. The molecule has 0 radical (unpaired) electrons. The Balaban J connectivity index is 1.86. The summed E-state index contributed by atoms with van der Waals surface area (Å²) in [6.45, 7) is 0.133. The van der Waals surface area contributed by atoms with Gasteiger partial charge in [-0.05, 0) is 24.5 Å². The summed E-state index contributed by atoms with van der Waals surface area (Å²) >= 11 is 1.55. The van der Waals surface area contributed by atoms with Crippen LogP contribution in [-0.4, -0.2) is 63.6 Å². The molecule has 8 nitrogen and oxygen atoms in total. The molecule has 2 atom stereocenters. The lowest BCUT2D eigenvalue weighted by Crippen LogP contribution is -2.41. The highest BCUT2D eigenvalue weighted by atomic mass is 32.2. The Labute approximate surface area is 149 Å². The summed E-state index contributed by atoms with van der Waals surface area (Å²) in [5.74, 6) is 0.630. The molecule has 0 aliphatic carbocycles. The van der Waals surface area contributed by atoms with Gasteiger partial charge in [-0.1, -0.05) is 18.2 Å². The number of hydrogen-bond donors (Lipinski definition) is 5. The SMILES string of the molecule is CSCCC(O)C(=O)NCC(O)CNc1n[nH]c(=O)c2ccccc12. The number of H-pyrrole nitrogens is 1. The van der Waals surface area contributed by atoms with E-state index in [9.17, 15) is 19.8 Å². The van der Waals surface area contributed by atoms with E-state index in [0.717, 1.165) is 0 Å². The van der Waals surface area contributed by atoms with Crippen LogP contribution in [0.1, 0.15) is 6.42 Å². The lowest BCUT2D eigenvalue weighted by Gasteiger charge is -2.15. The number of thioether (sulfide) groups is 1. The predicted octanol–water partition coefficient (Wildman–Crippen LogP) is -0.0739. The van der Waals surface area contributed by atoms with Gasteiger partial charge in [0.25, 0.3) is 5.56 Å². The smallest absolute Gasteiger partial charge is 0.272 e. The van der Waals surface area contributed by atoms with Crippen molar-refractivity contribution < 1.29 is 15.0 Å². The molecule has 1 heterocycles. The Kier molecular flexibility index (Phi) is 7.23. The van der Waals surface area contributed by atoms with Crippen LogP contribution >= 0.6 is 11.8 Å². The van der Waals surface area contributed by atoms with Crippen molar-refractivity contribution in [2.24, 2.45) is 0 Å². The molecular formula is C16H22N4O4S. The summed E-state index contributed by atoms with van der Waals surface area (Å²) in [6.07, 6.45) is 0.324. The maximum absolute atomic E-state index is 11.7. The Morgan fingerprint density at radius 3 is 2.72 bits per heavy atom. The Bertz CT molecular complexity index is 767. The first-order chi connectivity index (χ1) is 12.0.